The topological polar surface area (TPSA) is 53.3 Å². The van der Waals surface area contributed by atoms with Crippen molar-refractivity contribution in [2.24, 2.45) is 0 Å². The van der Waals surface area contributed by atoms with Gasteiger partial charge in [0.15, 0.2) is 5.11 Å². The smallest absolute Gasteiger partial charge is 0.174 e. The molecule has 1 aliphatic rings. The Morgan fingerprint density at radius 2 is 1.78 bits per heavy atom. The third-order valence-corrected chi connectivity index (χ3v) is 6.04. The molecule has 2 N–H and O–H groups in total. The van der Waals surface area contributed by atoms with E-state index in [0.717, 1.165) is 22.8 Å². The van der Waals surface area contributed by atoms with Crippen LogP contribution < -0.4 is 10.2 Å². The number of phenolic OH excluding ortho intramolecular Hbond substituents is 1. The van der Waals surface area contributed by atoms with Crippen LogP contribution in [-0.2, 0) is 0 Å². The Balaban J connectivity index is 1.67. The summed E-state index contributed by atoms with van der Waals surface area (Å²) in [5.41, 5.74) is 4.12. The Labute approximate surface area is 190 Å². The molecule has 1 fully saturated rings. The molecule has 0 radical (unpaired) electrons. The minimum Gasteiger partial charge on any atom is -0.508 e. The fourth-order valence-corrected chi connectivity index (χ4v) is 4.54. The molecule has 7 heteroatoms. The monoisotopic (exact) mass is 444 g/mol. The van der Waals surface area contributed by atoms with Crippen molar-refractivity contribution in [2.75, 3.05) is 4.90 Å². The Morgan fingerprint density at radius 3 is 2.50 bits per heavy atom. The van der Waals surface area contributed by atoms with Crippen molar-refractivity contribution >= 4 is 23.0 Å². The van der Waals surface area contributed by atoms with Crippen molar-refractivity contribution in [1.82, 2.24) is 14.9 Å². The van der Waals surface area contributed by atoms with E-state index in [-0.39, 0.29) is 23.7 Å². The Bertz CT molecular complexity index is 1270. The van der Waals surface area contributed by atoms with Crippen LogP contribution in [0.1, 0.15) is 29.0 Å². The van der Waals surface area contributed by atoms with Gasteiger partial charge < -0.3 is 19.9 Å². The largest absolute Gasteiger partial charge is 0.508 e. The lowest BCUT2D eigenvalue weighted by Crippen LogP contribution is -2.30. The predicted molar refractivity (Wildman–Crippen MR) is 127 cm³/mol. The second kappa shape index (κ2) is 8.09. The summed E-state index contributed by atoms with van der Waals surface area (Å²) in [6.45, 7) is 1.75. The number of aryl methyl sites for hydroxylation is 1. The van der Waals surface area contributed by atoms with E-state index in [4.69, 9.17) is 12.2 Å². The lowest BCUT2D eigenvalue weighted by atomic mass is 10.0. The lowest BCUT2D eigenvalue weighted by Gasteiger charge is -2.29. The lowest BCUT2D eigenvalue weighted by molar-refractivity contribution is 0.475. The number of nitrogens with one attached hydrogen (secondary N) is 1. The molecule has 2 aromatic carbocycles. The molecule has 0 bridgehead atoms. The highest BCUT2D eigenvalue weighted by Gasteiger charge is 2.42. The number of phenols is 1. The average Bonchev–Trinajstić information content (AvgIpc) is 3.41. The van der Waals surface area contributed by atoms with Gasteiger partial charge in [-0.3, -0.25) is 4.98 Å². The van der Waals surface area contributed by atoms with E-state index in [1.165, 1.54) is 6.07 Å². The van der Waals surface area contributed by atoms with Gasteiger partial charge in [-0.05, 0) is 91.4 Å². The fourth-order valence-electron chi connectivity index (χ4n) is 4.20. The Hall–Kier alpha value is -3.71. The fraction of sp³-hybridized carbons (Fsp3) is 0.120. The van der Waals surface area contributed by atoms with Gasteiger partial charge in [0.1, 0.15) is 17.6 Å². The molecular weight excluding hydrogens is 423 g/mol. The highest BCUT2D eigenvalue weighted by atomic mass is 32.1. The summed E-state index contributed by atoms with van der Waals surface area (Å²) in [4.78, 5) is 6.60. The average molecular weight is 445 g/mol. The Kier molecular flexibility index (Phi) is 5.11. The SMILES string of the molecule is Cc1cc(N2C(=S)N[C@H](c3ccccn3)[C@H]2c2cccn2-c2ccc(O)cc2)ccc1F. The molecule has 1 aliphatic heterocycles. The van der Waals surface area contributed by atoms with Crippen molar-refractivity contribution < 1.29 is 9.50 Å². The van der Waals surface area contributed by atoms with Crippen LogP contribution in [0.3, 0.4) is 0 Å². The van der Waals surface area contributed by atoms with Crippen LogP contribution in [0, 0.1) is 12.7 Å². The number of aromatic hydroxyl groups is 1. The van der Waals surface area contributed by atoms with Crippen LogP contribution in [0.25, 0.3) is 5.69 Å². The first-order valence-electron chi connectivity index (χ1n) is 10.3. The zero-order chi connectivity index (χ0) is 22.2. The third kappa shape index (κ3) is 3.50. The number of pyridine rings is 1. The maximum atomic E-state index is 14.0. The van der Waals surface area contributed by atoms with E-state index in [1.54, 1.807) is 31.3 Å². The third-order valence-electron chi connectivity index (χ3n) is 5.73. The van der Waals surface area contributed by atoms with Crippen LogP contribution in [0.2, 0.25) is 0 Å². The van der Waals surface area contributed by atoms with Crippen molar-refractivity contribution in [1.29, 1.82) is 0 Å². The standard InChI is InChI=1S/C25H21FN4OS/c1-16-15-18(9-12-20(16)26)30-24(23(28-25(30)32)21-5-2-3-13-27-21)22-6-4-14-29(22)17-7-10-19(31)11-8-17/h2-15,23-24,31H,1H3,(H,28,32)/t23-,24-/m1/s1. The van der Waals surface area contributed by atoms with Crippen molar-refractivity contribution in [3.05, 3.63) is 108 Å². The van der Waals surface area contributed by atoms with Crippen LogP contribution in [-0.4, -0.2) is 19.8 Å². The molecule has 5 nitrogen and oxygen atoms in total. The number of hydrogen-bond acceptors (Lipinski definition) is 3. The summed E-state index contributed by atoms with van der Waals surface area (Å²) >= 11 is 5.75. The van der Waals surface area contributed by atoms with Gasteiger partial charge in [0, 0.05) is 29.5 Å². The van der Waals surface area contributed by atoms with Gasteiger partial charge >= 0.3 is 0 Å². The molecular formula is C25H21FN4OS. The van der Waals surface area contributed by atoms with E-state index in [0.29, 0.717) is 10.7 Å². The Morgan fingerprint density at radius 1 is 1.00 bits per heavy atom. The number of halogens is 1. The quantitative estimate of drug-likeness (QED) is 0.424. The van der Waals surface area contributed by atoms with Gasteiger partial charge in [-0.15, -0.1) is 0 Å². The highest BCUT2D eigenvalue weighted by molar-refractivity contribution is 7.80. The van der Waals surface area contributed by atoms with Gasteiger partial charge in [0.05, 0.1) is 11.7 Å². The van der Waals surface area contributed by atoms with Crippen molar-refractivity contribution in [3.63, 3.8) is 0 Å². The molecule has 3 heterocycles. The maximum absolute atomic E-state index is 14.0. The maximum Gasteiger partial charge on any atom is 0.174 e. The zero-order valence-electron chi connectivity index (χ0n) is 17.3. The van der Waals surface area contributed by atoms with Crippen LogP contribution in [0.15, 0.2) is 85.2 Å². The predicted octanol–water partition coefficient (Wildman–Crippen LogP) is 5.20. The van der Waals surface area contributed by atoms with E-state index < -0.39 is 0 Å². The molecule has 2 atom stereocenters. The van der Waals surface area contributed by atoms with Crippen LogP contribution in [0.4, 0.5) is 10.1 Å². The van der Waals surface area contributed by atoms with Crippen LogP contribution in [0.5, 0.6) is 5.75 Å². The van der Waals surface area contributed by atoms with Gasteiger partial charge in [0.2, 0.25) is 0 Å². The molecule has 5 rings (SSSR count). The van der Waals surface area contributed by atoms with E-state index in [2.05, 4.69) is 14.9 Å². The number of thiocarbonyl (C=S) groups is 1. The van der Waals surface area contributed by atoms with Crippen LogP contribution >= 0.6 is 12.2 Å². The molecule has 0 amide bonds. The van der Waals surface area contributed by atoms with Gasteiger partial charge in [-0.1, -0.05) is 6.07 Å². The first-order chi connectivity index (χ1) is 15.5. The number of anilines is 1. The number of benzene rings is 2. The first-order valence-corrected chi connectivity index (χ1v) is 10.7. The van der Waals surface area contributed by atoms with E-state index >= 15 is 0 Å². The number of rotatable bonds is 4. The second-order valence-corrected chi connectivity index (χ2v) is 8.14. The summed E-state index contributed by atoms with van der Waals surface area (Å²) in [7, 11) is 0. The van der Waals surface area contributed by atoms with Gasteiger partial charge in [-0.2, -0.15) is 0 Å². The molecule has 0 aliphatic carbocycles. The second-order valence-electron chi connectivity index (χ2n) is 7.75. The number of aromatic nitrogens is 2. The van der Waals surface area contributed by atoms with E-state index in [9.17, 15) is 9.50 Å². The summed E-state index contributed by atoms with van der Waals surface area (Å²) < 4.78 is 16.1. The minimum absolute atomic E-state index is 0.208. The molecule has 1 saturated heterocycles. The zero-order valence-corrected chi connectivity index (χ0v) is 18.1. The summed E-state index contributed by atoms with van der Waals surface area (Å²) in [6.07, 6.45) is 3.74. The molecule has 0 saturated carbocycles. The minimum atomic E-state index is -0.253. The summed E-state index contributed by atoms with van der Waals surface area (Å²) in [6, 6.07) is 21.5. The van der Waals surface area contributed by atoms with Crippen molar-refractivity contribution in [2.45, 2.75) is 19.0 Å². The number of nitrogens with zero attached hydrogens (tertiary/aromatic N) is 3. The number of hydrogen-bond donors (Lipinski definition) is 2. The van der Waals surface area contributed by atoms with Gasteiger partial charge in [0.25, 0.3) is 0 Å². The normalized spacial score (nSPS) is 18.1. The summed E-state index contributed by atoms with van der Waals surface area (Å²) in [5.74, 6) is -0.0435. The van der Waals surface area contributed by atoms with E-state index in [1.807, 2.05) is 59.6 Å². The molecule has 32 heavy (non-hydrogen) atoms. The summed E-state index contributed by atoms with van der Waals surface area (Å²) in [5, 5.41) is 13.7. The molecule has 0 spiro atoms. The van der Waals surface area contributed by atoms with Gasteiger partial charge in [-0.25, -0.2) is 4.39 Å². The van der Waals surface area contributed by atoms with Crippen molar-refractivity contribution in [3.8, 4) is 11.4 Å². The highest BCUT2D eigenvalue weighted by Crippen LogP contribution is 2.42. The molecule has 4 aromatic rings. The molecule has 160 valence electrons. The first kappa shape index (κ1) is 20.2. The molecule has 2 aromatic heterocycles. The molecule has 0 unspecified atom stereocenters.